The number of hydrogen-bond donors (Lipinski definition) is 1. The van der Waals surface area contributed by atoms with Gasteiger partial charge in [-0.15, -0.1) is 11.8 Å². The first-order valence-electron chi connectivity index (χ1n) is 5.16. The van der Waals surface area contributed by atoms with Crippen molar-refractivity contribution in [2.75, 3.05) is 5.75 Å². The van der Waals surface area contributed by atoms with Crippen molar-refractivity contribution in [1.29, 1.82) is 0 Å². The Morgan fingerprint density at radius 2 is 1.86 bits per heavy atom. The molecule has 0 amide bonds. The molecule has 0 heterocycles. The highest BCUT2D eigenvalue weighted by Crippen LogP contribution is 2.18. The Kier molecular flexibility index (Phi) is 5.05. The largest absolute Gasteiger partial charge is 0.393 e. The van der Waals surface area contributed by atoms with Gasteiger partial charge in [0.2, 0.25) is 0 Å². The van der Waals surface area contributed by atoms with Gasteiger partial charge < -0.3 is 5.11 Å². The summed E-state index contributed by atoms with van der Waals surface area (Å²) >= 11 is 1.85. The lowest BCUT2D eigenvalue weighted by Gasteiger charge is -2.07. The van der Waals surface area contributed by atoms with E-state index in [0.717, 1.165) is 18.6 Å². The lowest BCUT2D eigenvalue weighted by atomic mass is 10.1. The summed E-state index contributed by atoms with van der Waals surface area (Å²) in [6, 6.07) is 8.48. The van der Waals surface area contributed by atoms with Crippen molar-refractivity contribution >= 4 is 11.8 Å². The summed E-state index contributed by atoms with van der Waals surface area (Å²) in [5.41, 5.74) is 1.22. The molecule has 0 aliphatic rings. The molecule has 0 aliphatic heterocycles. The molecule has 0 aliphatic carbocycles. The second-order valence-corrected chi connectivity index (χ2v) is 4.68. The molecule has 0 fully saturated rings. The fraction of sp³-hybridized carbons (Fsp3) is 0.500. The zero-order chi connectivity index (χ0) is 10.4. The van der Waals surface area contributed by atoms with Gasteiger partial charge in [0.15, 0.2) is 0 Å². The highest BCUT2D eigenvalue weighted by Gasteiger charge is 2.02. The molecule has 0 bridgehead atoms. The summed E-state index contributed by atoms with van der Waals surface area (Å²) < 4.78 is 0. The second-order valence-electron chi connectivity index (χ2n) is 3.34. The normalized spacial score (nSPS) is 12.8. The number of benzene rings is 1. The molecule has 1 aromatic carbocycles. The summed E-state index contributed by atoms with van der Waals surface area (Å²) in [6.45, 7) is 4.16. The topological polar surface area (TPSA) is 20.2 Å². The van der Waals surface area contributed by atoms with Crippen molar-refractivity contribution in [3.8, 4) is 0 Å². The molecule has 1 atom stereocenters. The average Bonchev–Trinajstić information content (AvgIpc) is 2.21. The Morgan fingerprint density at radius 1 is 1.21 bits per heavy atom. The van der Waals surface area contributed by atoms with E-state index in [4.69, 9.17) is 0 Å². The summed E-state index contributed by atoms with van der Waals surface area (Å²) in [5.74, 6) is 1.11. The van der Waals surface area contributed by atoms with Gasteiger partial charge in [-0.1, -0.05) is 26.0 Å². The van der Waals surface area contributed by atoms with E-state index in [9.17, 15) is 5.11 Å². The zero-order valence-corrected chi connectivity index (χ0v) is 9.68. The Labute approximate surface area is 90.5 Å². The van der Waals surface area contributed by atoms with Gasteiger partial charge in [0.25, 0.3) is 0 Å². The van der Waals surface area contributed by atoms with Crippen LogP contribution in [0.1, 0.15) is 25.8 Å². The minimum absolute atomic E-state index is 0.195. The molecular weight excluding hydrogens is 192 g/mol. The standard InChI is InChI=1S/C12H18OS/c1-3-11(13)9-10-5-7-12(8-6-10)14-4-2/h5-8,11,13H,3-4,9H2,1-2H3. The van der Waals surface area contributed by atoms with E-state index >= 15 is 0 Å². The molecule has 0 radical (unpaired) electrons. The minimum Gasteiger partial charge on any atom is -0.393 e. The van der Waals surface area contributed by atoms with E-state index in [1.807, 2.05) is 18.7 Å². The monoisotopic (exact) mass is 210 g/mol. The number of hydrogen-bond acceptors (Lipinski definition) is 2. The summed E-state index contributed by atoms with van der Waals surface area (Å²) in [7, 11) is 0. The van der Waals surface area contributed by atoms with Gasteiger partial charge in [-0.25, -0.2) is 0 Å². The Morgan fingerprint density at radius 3 is 2.36 bits per heavy atom. The van der Waals surface area contributed by atoms with Crippen molar-refractivity contribution < 1.29 is 5.11 Å². The molecule has 1 nitrogen and oxygen atoms in total. The maximum absolute atomic E-state index is 9.48. The molecule has 2 heteroatoms. The van der Waals surface area contributed by atoms with Crippen LogP contribution in [-0.4, -0.2) is 17.0 Å². The molecule has 1 aromatic rings. The molecule has 0 saturated carbocycles. The lowest BCUT2D eigenvalue weighted by Crippen LogP contribution is -2.07. The quantitative estimate of drug-likeness (QED) is 0.754. The fourth-order valence-corrected chi connectivity index (χ4v) is 1.97. The zero-order valence-electron chi connectivity index (χ0n) is 8.86. The van der Waals surface area contributed by atoms with Crippen LogP contribution >= 0.6 is 11.8 Å². The number of aliphatic hydroxyl groups is 1. The van der Waals surface area contributed by atoms with E-state index in [0.29, 0.717) is 0 Å². The molecule has 78 valence electrons. The summed E-state index contributed by atoms with van der Waals surface area (Å²) in [4.78, 5) is 1.31. The summed E-state index contributed by atoms with van der Waals surface area (Å²) in [6.07, 6.45) is 1.40. The van der Waals surface area contributed by atoms with Crippen LogP contribution in [0.2, 0.25) is 0 Å². The maximum atomic E-state index is 9.48. The van der Waals surface area contributed by atoms with Crippen molar-refractivity contribution in [3.05, 3.63) is 29.8 Å². The molecule has 1 rings (SSSR count). The van der Waals surface area contributed by atoms with Gasteiger partial charge in [0.05, 0.1) is 6.10 Å². The molecule has 0 spiro atoms. The predicted molar refractivity (Wildman–Crippen MR) is 62.8 cm³/mol. The third-order valence-electron chi connectivity index (χ3n) is 2.18. The lowest BCUT2D eigenvalue weighted by molar-refractivity contribution is 0.171. The van der Waals surface area contributed by atoms with Crippen LogP contribution in [0.15, 0.2) is 29.2 Å². The first kappa shape index (κ1) is 11.6. The molecule has 1 unspecified atom stereocenters. The highest BCUT2D eigenvalue weighted by atomic mass is 32.2. The van der Waals surface area contributed by atoms with Crippen LogP contribution in [0.4, 0.5) is 0 Å². The first-order chi connectivity index (χ1) is 6.76. The Bertz CT molecular complexity index is 256. The van der Waals surface area contributed by atoms with Gasteiger partial charge in [-0.3, -0.25) is 0 Å². The molecule has 14 heavy (non-hydrogen) atoms. The van der Waals surface area contributed by atoms with Crippen LogP contribution in [0.5, 0.6) is 0 Å². The Hall–Kier alpha value is -0.470. The SMILES string of the molecule is CCSc1ccc(CC(O)CC)cc1. The average molecular weight is 210 g/mol. The van der Waals surface area contributed by atoms with Gasteiger partial charge >= 0.3 is 0 Å². The van der Waals surface area contributed by atoms with E-state index in [1.54, 1.807) is 0 Å². The number of rotatable bonds is 5. The van der Waals surface area contributed by atoms with Gasteiger partial charge in [-0.05, 0) is 36.3 Å². The van der Waals surface area contributed by atoms with Gasteiger partial charge in [0.1, 0.15) is 0 Å². The Balaban J connectivity index is 2.54. The van der Waals surface area contributed by atoms with Crippen LogP contribution < -0.4 is 0 Å². The maximum Gasteiger partial charge on any atom is 0.0577 e. The van der Waals surface area contributed by atoms with Crippen molar-refractivity contribution in [3.63, 3.8) is 0 Å². The fourth-order valence-electron chi connectivity index (χ4n) is 1.30. The number of thioether (sulfide) groups is 1. The van der Waals surface area contributed by atoms with Gasteiger partial charge in [-0.2, -0.15) is 0 Å². The molecule has 0 saturated heterocycles. The highest BCUT2D eigenvalue weighted by molar-refractivity contribution is 7.99. The molecular formula is C12H18OS. The van der Waals surface area contributed by atoms with Crippen molar-refractivity contribution in [2.24, 2.45) is 0 Å². The van der Waals surface area contributed by atoms with Crippen LogP contribution in [-0.2, 0) is 6.42 Å². The smallest absolute Gasteiger partial charge is 0.0577 e. The minimum atomic E-state index is -0.195. The van der Waals surface area contributed by atoms with E-state index in [2.05, 4.69) is 31.2 Å². The van der Waals surface area contributed by atoms with Crippen LogP contribution in [0.25, 0.3) is 0 Å². The van der Waals surface area contributed by atoms with Gasteiger partial charge in [0, 0.05) is 4.90 Å². The second kappa shape index (κ2) is 6.10. The predicted octanol–water partition coefficient (Wildman–Crippen LogP) is 3.11. The van der Waals surface area contributed by atoms with Crippen molar-refractivity contribution in [2.45, 2.75) is 37.7 Å². The van der Waals surface area contributed by atoms with E-state index < -0.39 is 0 Å². The molecule has 1 N–H and O–H groups in total. The van der Waals surface area contributed by atoms with Crippen LogP contribution in [0.3, 0.4) is 0 Å². The summed E-state index contributed by atoms with van der Waals surface area (Å²) in [5, 5.41) is 9.48. The van der Waals surface area contributed by atoms with E-state index in [-0.39, 0.29) is 6.10 Å². The number of aliphatic hydroxyl groups excluding tert-OH is 1. The van der Waals surface area contributed by atoms with Crippen molar-refractivity contribution in [1.82, 2.24) is 0 Å². The first-order valence-corrected chi connectivity index (χ1v) is 6.14. The molecule has 0 aromatic heterocycles. The third-order valence-corrected chi connectivity index (χ3v) is 3.07. The van der Waals surface area contributed by atoms with E-state index in [1.165, 1.54) is 10.5 Å². The van der Waals surface area contributed by atoms with Crippen LogP contribution in [0, 0.1) is 0 Å². The third kappa shape index (κ3) is 3.72.